The number of rotatable bonds is 7. The van der Waals surface area contributed by atoms with Crippen LogP contribution in [0.4, 0.5) is 5.69 Å². The lowest BCUT2D eigenvalue weighted by Gasteiger charge is -2.35. The lowest BCUT2D eigenvalue weighted by atomic mass is 10.1. The minimum absolute atomic E-state index is 0.0631. The van der Waals surface area contributed by atoms with E-state index in [1.54, 1.807) is 14.2 Å². The van der Waals surface area contributed by atoms with Gasteiger partial charge in [-0.3, -0.25) is 4.79 Å². The summed E-state index contributed by atoms with van der Waals surface area (Å²) in [5.41, 5.74) is 2.11. The Labute approximate surface area is 211 Å². The molecule has 0 aromatic heterocycles. The van der Waals surface area contributed by atoms with Crippen LogP contribution in [0.5, 0.6) is 5.75 Å². The summed E-state index contributed by atoms with van der Waals surface area (Å²) >= 11 is 6.33. The highest BCUT2D eigenvalue weighted by atomic mass is 35.5. The van der Waals surface area contributed by atoms with Gasteiger partial charge in [-0.1, -0.05) is 41.9 Å². The van der Waals surface area contributed by atoms with Crippen LogP contribution >= 0.6 is 11.6 Å². The summed E-state index contributed by atoms with van der Waals surface area (Å²) < 4.78 is 33.5. The highest BCUT2D eigenvalue weighted by Crippen LogP contribution is 2.26. The first kappa shape index (κ1) is 25.0. The zero-order chi connectivity index (χ0) is 25.0. The maximum absolute atomic E-state index is 13.4. The molecule has 1 aliphatic heterocycles. The van der Waals surface area contributed by atoms with Crippen LogP contribution in [0.3, 0.4) is 0 Å². The minimum Gasteiger partial charge on any atom is -0.497 e. The molecule has 0 bridgehead atoms. The Morgan fingerprint density at radius 1 is 0.971 bits per heavy atom. The van der Waals surface area contributed by atoms with Gasteiger partial charge in [-0.2, -0.15) is 4.31 Å². The molecule has 0 saturated carbocycles. The van der Waals surface area contributed by atoms with Crippen molar-refractivity contribution in [1.82, 2.24) is 9.21 Å². The second kappa shape index (κ2) is 10.7. The molecule has 0 atom stereocenters. The van der Waals surface area contributed by atoms with Gasteiger partial charge in [0.2, 0.25) is 10.0 Å². The molecule has 9 heteroatoms. The molecule has 7 nitrogen and oxygen atoms in total. The monoisotopic (exact) mass is 513 g/mol. The molecule has 0 spiro atoms. The average molecular weight is 514 g/mol. The summed E-state index contributed by atoms with van der Waals surface area (Å²) in [6.45, 7) is 2.22. The van der Waals surface area contributed by atoms with Crippen LogP contribution in [0.25, 0.3) is 0 Å². The summed E-state index contributed by atoms with van der Waals surface area (Å²) in [5.74, 6) is 0.339. The van der Waals surface area contributed by atoms with E-state index in [9.17, 15) is 13.2 Å². The smallest absolute Gasteiger partial charge is 0.255 e. The molecule has 184 valence electrons. The van der Waals surface area contributed by atoms with Gasteiger partial charge in [0, 0.05) is 45.5 Å². The van der Waals surface area contributed by atoms with Crippen LogP contribution < -0.4 is 9.64 Å². The van der Waals surface area contributed by atoms with E-state index >= 15 is 0 Å². The SMILES string of the molecule is COc1cccc(CN(C)C(=O)c2cc(S(=O)(=O)N3CCN(c4ccccc4)CC3)ccc2Cl)c1. The molecule has 1 saturated heterocycles. The van der Waals surface area contributed by atoms with Crippen molar-refractivity contribution in [2.24, 2.45) is 0 Å². The van der Waals surface area contributed by atoms with Crippen LogP contribution in [0, 0.1) is 0 Å². The third-order valence-electron chi connectivity index (χ3n) is 6.07. The first-order chi connectivity index (χ1) is 16.8. The molecule has 35 heavy (non-hydrogen) atoms. The summed E-state index contributed by atoms with van der Waals surface area (Å²) in [6, 6.07) is 21.7. The van der Waals surface area contributed by atoms with Gasteiger partial charge in [0.05, 0.1) is 22.6 Å². The second-order valence-corrected chi connectivity index (χ2v) is 10.7. The van der Waals surface area contributed by atoms with Crippen molar-refractivity contribution >= 4 is 33.2 Å². The number of carbonyl (C=O) groups excluding carboxylic acids is 1. The van der Waals surface area contributed by atoms with Gasteiger partial charge in [0.15, 0.2) is 0 Å². The van der Waals surface area contributed by atoms with E-state index in [-0.39, 0.29) is 21.4 Å². The van der Waals surface area contributed by atoms with Crippen molar-refractivity contribution in [3.63, 3.8) is 0 Å². The number of benzene rings is 3. The van der Waals surface area contributed by atoms with Gasteiger partial charge in [-0.15, -0.1) is 0 Å². The Balaban J connectivity index is 1.49. The van der Waals surface area contributed by atoms with E-state index in [0.29, 0.717) is 38.5 Å². The Morgan fingerprint density at radius 3 is 2.37 bits per heavy atom. The number of piperazine rings is 1. The lowest BCUT2D eigenvalue weighted by molar-refractivity contribution is 0.0785. The van der Waals surface area contributed by atoms with Crippen LogP contribution in [-0.4, -0.2) is 63.9 Å². The zero-order valence-electron chi connectivity index (χ0n) is 19.7. The number of nitrogens with zero attached hydrogens (tertiary/aromatic N) is 3. The molecule has 1 heterocycles. The molecule has 4 rings (SSSR count). The summed E-state index contributed by atoms with van der Waals surface area (Å²) in [4.78, 5) is 16.9. The Bertz CT molecular complexity index is 1290. The maximum Gasteiger partial charge on any atom is 0.255 e. The third kappa shape index (κ3) is 5.61. The number of anilines is 1. The number of methoxy groups -OCH3 is 1. The molecule has 3 aromatic carbocycles. The molecule has 1 aliphatic rings. The molecular formula is C26H28ClN3O4S. The first-order valence-corrected chi connectivity index (χ1v) is 13.1. The largest absolute Gasteiger partial charge is 0.497 e. The van der Waals surface area contributed by atoms with E-state index < -0.39 is 10.0 Å². The molecule has 1 fully saturated rings. The van der Waals surface area contributed by atoms with Gasteiger partial charge >= 0.3 is 0 Å². The molecule has 0 aliphatic carbocycles. The van der Waals surface area contributed by atoms with E-state index in [0.717, 1.165) is 11.3 Å². The average Bonchev–Trinajstić information content (AvgIpc) is 2.89. The van der Waals surface area contributed by atoms with E-state index in [1.807, 2.05) is 54.6 Å². The van der Waals surface area contributed by atoms with Gasteiger partial charge in [-0.05, 0) is 48.0 Å². The van der Waals surface area contributed by atoms with Crippen molar-refractivity contribution in [3.05, 3.63) is 88.9 Å². The number of amides is 1. The minimum atomic E-state index is -3.77. The van der Waals surface area contributed by atoms with Crippen LogP contribution in [0.15, 0.2) is 77.7 Å². The normalized spacial score (nSPS) is 14.5. The fraction of sp³-hybridized carbons (Fsp3) is 0.269. The summed E-state index contributed by atoms with van der Waals surface area (Å²) in [7, 11) is -0.534. The fourth-order valence-corrected chi connectivity index (χ4v) is 5.77. The molecule has 1 amide bonds. The topological polar surface area (TPSA) is 70.2 Å². The van der Waals surface area contributed by atoms with Crippen LogP contribution in [0.2, 0.25) is 5.02 Å². The van der Waals surface area contributed by atoms with E-state index in [4.69, 9.17) is 16.3 Å². The number of hydrogen-bond acceptors (Lipinski definition) is 5. The number of halogens is 1. The standard InChI is InChI=1S/C26H28ClN3O4S/c1-28(19-20-7-6-10-22(17-20)34-2)26(31)24-18-23(11-12-25(24)27)35(32,33)30-15-13-29(14-16-30)21-8-4-3-5-9-21/h3-12,17-18H,13-16,19H2,1-2H3. The number of sulfonamides is 1. The van der Waals surface area contributed by atoms with Gasteiger partial charge < -0.3 is 14.5 Å². The molecule has 0 N–H and O–H groups in total. The second-order valence-electron chi connectivity index (χ2n) is 8.38. The van der Waals surface area contributed by atoms with Crippen molar-refractivity contribution in [2.75, 3.05) is 45.2 Å². The number of ether oxygens (including phenoxy) is 1. The molecular weight excluding hydrogens is 486 g/mol. The highest BCUT2D eigenvalue weighted by Gasteiger charge is 2.30. The van der Waals surface area contributed by atoms with E-state index in [1.165, 1.54) is 27.4 Å². The van der Waals surface area contributed by atoms with Crippen LogP contribution in [0.1, 0.15) is 15.9 Å². The van der Waals surface area contributed by atoms with Crippen LogP contribution in [-0.2, 0) is 16.6 Å². The van der Waals surface area contributed by atoms with Crippen molar-refractivity contribution in [3.8, 4) is 5.75 Å². The Morgan fingerprint density at radius 2 is 1.69 bits per heavy atom. The third-order valence-corrected chi connectivity index (χ3v) is 8.29. The van der Waals surface area contributed by atoms with E-state index in [2.05, 4.69) is 4.90 Å². The predicted molar refractivity (Wildman–Crippen MR) is 138 cm³/mol. The Hall–Kier alpha value is -3.07. The molecule has 0 radical (unpaired) electrons. The predicted octanol–water partition coefficient (Wildman–Crippen LogP) is 4.13. The quantitative estimate of drug-likeness (QED) is 0.475. The zero-order valence-corrected chi connectivity index (χ0v) is 21.3. The fourth-order valence-electron chi connectivity index (χ4n) is 4.13. The highest BCUT2D eigenvalue weighted by molar-refractivity contribution is 7.89. The van der Waals surface area contributed by atoms with Crippen molar-refractivity contribution < 1.29 is 17.9 Å². The van der Waals surface area contributed by atoms with Gasteiger partial charge in [-0.25, -0.2) is 8.42 Å². The van der Waals surface area contributed by atoms with Gasteiger partial charge in [0.1, 0.15) is 5.75 Å². The number of carbonyl (C=O) groups is 1. The summed E-state index contributed by atoms with van der Waals surface area (Å²) in [5, 5.41) is 0.209. The van der Waals surface area contributed by atoms with Crippen molar-refractivity contribution in [1.29, 1.82) is 0 Å². The molecule has 3 aromatic rings. The number of hydrogen-bond donors (Lipinski definition) is 0. The first-order valence-electron chi connectivity index (χ1n) is 11.3. The van der Waals surface area contributed by atoms with Gasteiger partial charge in [0.25, 0.3) is 5.91 Å². The summed E-state index contributed by atoms with van der Waals surface area (Å²) in [6.07, 6.45) is 0. The van der Waals surface area contributed by atoms with Crippen molar-refractivity contribution in [2.45, 2.75) is 11.4 Å². The lowest BCUT2D eigenvalue weighted by Crippen LogP contribution is -2.48. The maximum atomic E-state index is 13.4. The Kier molecular flexibility index (Phi) is 7.64. The number of para-hydroxylation sites is 1. The molecule has 0 unspecified atom stereocenters.